The summed E-state index contributed by atoms with van der Waals surface area (Å²) >= 11 is 1.71. The van der Waals surface area contributed by atoms with Gasteiger partial charge in [-0.15, -0.1) is 11.3 Å². The van der Waals surface area contributed by atoms with Gasteiger partial charge in [-0.05, 0) is 47.2 Å². The van der Waals surface area contributed by atoms with E-state index in [-0.39, 0.29) is 5.41 Å². The number of aromatic nitrogens is 2. The normalized spacial score (nSPS) is 14.7. The van der Waals surface area contributed by atoms with Crippen LogP contribution in [-0.2, 0) is 18.4 Å². The Balaban J connectivity index is 1.56. The maximum atomic E-state index is 4.40. The van der Waals surface area contributed by atoms with E-state index in [1.165, 1.54) is 16.0 Å². The molecule has 0 bridgehead atoms. The summed E-state index contributed by atoms with van der Waals surface area (Å²) in [5, 5.41) is 8.83. The molecule has 0 saturated carbocycles. The molecule has 0 radical (unpaired) electrons. The van der Waals surface area contributed by atoms with Crippen LogP contribution in [0, 0.1) is 0 Å². The largest absolute Gasteiger partial charge is 0.312 e. The standard InChI is InChI=1S/C20H23N5S/c1-20(2,3)17-9-16-18(22-12-23-19(16)26-17)25-24-10-13-4-5-14-6-7-21-11-15(14)8-13/h4-5,8-10,12,21H,6-7,11H2,1-3H3,(H,22,23,25)/b24-10+. The van der Waals surface area contributed by atoms with Gasteiger partial charge in [-0.1, -0.05) is 32.9 Å². The minimum absolute atomic E-state index is 0.100. The van der Waals surface area contributed by atoms with Crippen molar-refractivity contribution in [1.82, 2.24) is 15.3 Å². The Morgan fingerprint density at radius 1 is 1.19 bits per heavy atom. The predicted molar refractivity (Wildman–Crippen MR) is 109 cm³/mol. The lowest BCUT2D eigenvalue weighted by Gasteiger charge is -2.16. The second kappa shape index (κ2) is 6.78. The average molecular weight is 366 g/mol. The number of nitrogens with one attached hydrogen (secondary N) is 2. The van der Waals surface area contributed by atoms with Crippen LogP contribution in [0.25, 0.3) is 10.2 Å². The number of fused-ring (bicyclic) bond motifs is 2. The van der Waals surface area contributed by atoms with Crippen molar-refractivity contribution in [2.24, 2.45) is 5.10 Å². The van der Waals surface area contributed by atoms with Crippen molar-refractivity contribution >= 4 is 33.6 Å². The molecular formula is C20H23N5S. The minimum atomic E-state index is 0.100. The summed E-state index contributed by atoms with van der Waals surface area (Å²) in [4.78, 5) is 11.0. The fraction of sp³-hybridized carbons (Fsp3) is 0.350. The van der Waals surface area contributed by atoms with Gasteiger partial charge in [0, 0.05) is 11.4 Å². The molecular weight excluding hydrogens is 342 g/mol. The van der Waals surface area contributed by atoms with E-state index in [1.807, 2.05) is 6.21 Å². The first kappa shape index (κ1) is 17.1. The SMILES string of the molecule is CC(C)(C)c1cc2c(N/N=C/c3ccc4c(c3)CNCC4)ncnc2s1. The molecule has 2 N–H and O–H groups in total. The molecule has 0 amide bonds. The highest BCUT2D eigenvalue weighted by atomic mass is 32.1. The zero-order valence-corrected chi connectivity index (χ0v) is 16.2. The van der Waals surface area contributed by atoms with Gasteiger partial charge >= 0.3 is 0 Å². The maximum Gasteiger partial charge on any atom is 0.158 e. The number of hydrogen-bond acceptors (Lipinski definition) is 6. The lowest BCUT2D eigenvalue weighted by Crippen LogP contribution is -2.23. The predicted octanol–water partition coefficient (Wildman–Crippen LogP) is 4.08. The number of anilines is 1. The summed E-state index contributed by atoms with van der Waals surface area (Å²) < 4.78 is 0. The van der Waals surface area contributed by atoms with Crippen LogP contribution in [0.5, 0.6) is 0 Å². The van der Waals surface area contributed by atoms with E-state index in [2.05, 4.69) is 70.8 Å². The summed E-state index contributed by atoms with van der Waals surface area (Å²) in [6.45, 7) is 8.62. The molecule has 1 aromatic carbocycles. The van der Waals surface area contributed by atoms with Gasteiger partial charge in [-0.25, -0.2) is 9.97 Å². The highest BCUT2D eigenvalue weighted by molar-refractivity contribution is 7.18. The third-order valence-corrected chi connectivity index (χ3v) is 6.04. The number of hydrogen-bond donors (Lipinski definition) is 2. The summed E-state index contributed by atoms with van der Waals surface area (Å²) in [7, 11) is 0. The molecule has 134 valence electrons. The van der Waals surface area contributed by atoms with Crippen LogP contribution in [0.15, 0.2) is 35.7 Å². The van der Waals surface area contributed by atoms with Crippen molar-refractivity contribution in [1.29, 1.82) is 0 Å². The van der Waals surface area contributed by atoms with Crippen LogP contribution in [-0.4, -0.2) is 22.7 Å². The van der Waals surface area contributed by atoms with E-state index in [9.17, 15) is 0 Å². The molecule has 26 heavy (non-hydrogen) atoms. The second-order valence-corrected chi connectivity index (χ2v) is 8.66. The van der Waals surface area contributed by atoms with Crippen molar-refractivity contribution in [2.45, 2.75) is 39.2 Å². The second-order valence-electron chi connectivity index (χ2n) is 7.63. The molecule has 0 saturated heterocycles. The molecule has 0 spiro atoms. The van der Waals surface area contributed by atoms with Crippen LogP contribution in [0.3, 0.4) is 0 Å². The summed E-state index contributed by atoms with van der Waals surface area (Å²) in [6, 6.07) is 8.69. The number of thiophene rings is 1. The summed E-state index contributed by atoms with van der Waals surface area (Å²) in [5.41, 5.74) is 7.07. The van der Waals surface area contributed by atoms with Gasteiger partial charge in [0.25, 0.3) is 0 Å². The van der Waals surface area contributed by atoms with Crippen LogP contribution in [0.1, 0.15) is 42.3 Å². The van der Waals surface area contributed by atoms with Crippen molar-refractivity contribution in [3.05, 3.63) is 52.2 Å². The Bertz CT molecular complexity index is 968. The molecule has 4 rings (SSSR count). The van der Waals surface area contributed by atoms with E-state index in [1.54, 1.807) is 17.7 Å². The molecule has 2 aromatic heterocycles. The lowest BCUT2D eigenvalue weighted by atomic mass is 9.94. The number of hydrazone groups is 1. The average Bonchev–Trinajstić information content (AvgIpc) is 3.07. The molecule has 0 fully saturated rings. The highest BCUT2D eigenvalue weighted by Crippen LogP contribution is 2.35. The van der Waals surface area contributed by atoms with Crippen molar-refractivity contribution in [3.8, 4) is 0 Å². The topological polar surface area (TPSA) is 62.2 Å². The lowest BCUT2D eigenvalue weighted by molar-refractivity contribution is 0.604. The number of benzene rings is 1. The molecule has 0 unspecified atom stereocenters. The van der Waals surface area contributed by atoms with Crippen LogP contribution < -0.4 is 10.7 Å². The van der Waals surface area contributed by atoms with Gasteiger partial charge in [0.15, 0.2) is 5.82 Å². The van der Waals surface area contributed by atoms with E-state index in [0.717, 1.165) is 41.1 Å². The summed E-state index contributed by atoms with van der Waals surface area (Å²) in [5.74, 6) is 0.748. The van der Waals surface area contributed by atoms with Gasteiger partial charge in [-0.3, -0.25) is 5.43 Å². The molecule has 3 heterocycles. The molecule has 1 aliphatic heterocycles. The monoisotopic (exact) mass is 365 g/mol. The third kappa shape index (κ3) is 3.48. The van der Waals surface area contributed by atoms with Gasteiger partial charge in [-0.2, -0.15) is 5.10 Å². The number of nitrogens with zero attached hydrogens (tertiary/aromatic N) is 3. The molecule has 3 aromatic rings. The van der Waals surface area contributed by atoms with Gasteiger partial charge in [0.2, 0.25) is 0 Å². The van der Waals surface area contributed by atoms with Crippen molar-refractivity contribution in [2.75, 3.05) is 12.0 Å². The first-order valence-electron chi connectivity index (χ1n) is 8.87. The molecule has 1 aliphatic rings. The van der Waals surface area contributed by atoms with E-state index in [0.29, 0.717) is 0 Å². The van der Waals surface area contributed by atoms with Crippen LogP contribution >= 0.6 is 11.3 Å². The first-order valence-corrected chi connectivity index (χ1v) is 9.69. The Hall–Kier alpha value is -2.31. The molecule has 6 heteroatoms. The first-order chi connectivity index (χ1) is 12.5. The molecule has 0 atom stereocenters. The molecule has 5 nitrogen and oxygen atoms in total. The highest BCUT2D eigenvalue weighted by Gasteiger charge is 2.18. The van der Waals surface area contributed by atoms with E-state index >= 15 is 0 Å². The minimum Gasteiger partial charge on any atom is -0.312 e. The molecule has 0 aliphatic carbocycles. The Morgan fingerprint density at radius 2 is 2.08 bits per heavy atom. The smallest absolute Gasteiger partial charge is 0.158 e. The fourth-order valence-corrected chi connectivity index (χ4v) is 4.12. The zero-order chi connectivity index (χ0) is 18.1. The summed E-state index contributed by atoms with van der Waals surface area (Å²) in [6.07, 6.45) is 4.53. The quantitative estimate of drug-likeness (QED) is 0.542. The Kier molecular flexibility index (Phi) is 4.46. The van der Waals surface area contributed by atoms with E-state index in [4.69, 9.17) is 0 Å². The fourth-order valence-electron chi connectivity index (χ4n) is 3.06. The van der Waals surface area contributed by atoms with Crippen LogP contribution in [0.4, 0.5) is 5.82 Å². The van der Waals surface area contributed by atoms with E-state index < -0.39 is 0 Å². The maximum absolute atomic E-state index is 4.40. The number of rotatable bonds is 3. The third-order valence-electron chi connectivity index (χ3n) is 4.57. The van der Waals surface area contributed by atoms with Gasteiger partial charge in [0.1, 0.15) is 11.2 Å². The Morgan fingerprint density at radius 3 is 2.92 bits per heavy atom. The zero-order valence-electron chi connectivity index (χ0n) is 15.3. The van der Waals surface area contributed by atoms with Crippen molar-refractivity contribution < 1.29 is 0 Å². The van der Waals surface area contributed by atoms with Crippen LogP contribution in [0.2, 0.25) is 0 Å². The Labute approximate surface area is 157 Å². The van der Waals surface area contributed by atoms with Crippen molar-refractivity contribution in [3.63, 3.8) is 0 Å². The van der Waals surface area contributed by atoms with Gasteiger partial charge < -0.3 is 5.32 Å². The van der Waals surface area contributed by atoms with Gasteiger partial charge in [0.05, 0.1) is 11.6 Å².